The third kappa shape index (κ3) is 2.34. The summed E-state index contributed by atoms with van der Waals surface area (Å²) in [6.45, 7) is 2.08. The van der Waals surface area contributed by atoms with E-state index in [-0.39, 0.29) is 6.04 Å². The van der Waals surface area contributed by atoms with Crippen LogP contribution in [0.15, 0.2) is 18.7 Å². The lowest BCUT2D eigenvalue weighted by Crippen LogP contribution is -2.16. The molecule has 1 aliphatic carbocycles. The highest BCUT2D eigenvalue weighted by molar-refractivity contribution is 5.29. The van der Waals surface area contributed by atoms with E-state index in [0.717, 1.165) is 11.8 Å². The first kappa shape index (κ1) is 12.2. The zero-order valence-corrected chi connectivity index (χ0v) is 11.5. The molecule has 0 radical (unpaired) electrons. The first-order valence-electron chi connectivity index (χ1n) is 6.89. The zero-order valence-electron chi connectivity index (χ0n) is 11.5. The van der Waals surface area contributed by atoms with Crippen molar-refractivity contribution >= 4 is 5.95 Å². The van der Waals surface area contributed by atoms with Crippen LogP contribution in [0.5, 0.6) is 0 Å². The Bertz CT molecular complexity index is 537. The zero-order chi connectivity index (χ0) is 13.2. The van der Waals surface area contributed by atoms with Crippen LogP contribution in [0.4, 0.5) is 5.95 Å². The SMILES string of the molecule is CC(Nc1nccn1C1CCCC1)c1nncn1C. The monoisotopic (exact) mass is 260 g/mol. The van der Waals surface area contributed by atoms with Gasteiger partial charge in [0.1, 0.15) is 6.33 Å². The van der Waals surface area contributed by atoms with Gasteiger partial charge in [0.2, 0.25) is 5.95 Å². The summed E-state index contributed by atoms with van der Waals surface area (Å²) in [6, 6.07) is 0.687. The molecule has 0 amide bonds. The van der Waals surface area contributed by atoms with Crippen LogP contribution < -0.4 is 5.32 Å². The van der Waals surface area contributed by atoms with Crippen molar-refractivity contribution in [2.75, 3.05) is 5.32 Å². The van der Waals surface area contributed by atoms with Gasteiger partial charge < -0.3 is 14.5 Å². The maximum atomic E-state index is 4.43. The highest BCUT2D eigenvalue weighted by atomic mass is 15.3. The lowest BCUT2D eigenvalue weighted by molar-refractivity contribution is 0.519. The smallest absolute Gasteiger partial charge is 0.203 e. The Balaban J connectivity index is 1.76. The molecular formula is C13H20N6. The van der Waals surface area contributed by atoms with Crippen molar-refractivity contribution in [1.82, 2.24) is 24.3 Å². The van der Waals surface area contributed by atoms with Crippen LogP contribution in [0.25, 0.3) is 0 Å². The van der Waals surface area contributed by atoms with Crippen molar-refractivity contribution in [2.24, 2.45) is 7.05 Å². The van der Waals surface area contributed by atoms with Gasteiger partial charge in [-0.15, -0.1) is 10.2 Å². The van der Waals surface area contributed by atoms with Gasteiger partial charge in [0.15, 0.2) is 5.82 Å². The average molecular weight is 260 g/mol. The van der Waals surface area contributed by atoms with Crippen LogP contribution in [0.2, 0.25) is 0 Å². The summed E-state index contributed by atoms with van der Waals surface area (Å²) < 4.78 is 4.19. The molecule has 1 N–H and O–H groups in total. The average Bonchev–Trinajstić information content (AvgIpc) is 3.07. The van der Waals surface area contributed by atoms with Crippen LogP contribution in [0.1, 0.15) is 50.5 Å². The van der Waals surface area contributed by atoms with E-state index >= 15 is 0 Å². The molecule has 1 atom stereocenters. The molecule has 0 bridgehead atoms. The number of imidazole rings is 1. The first-order chi connectivity index (χ1) is 9.25. The molecule has 19 heavy (non-hydrogen) atoms. The lowest BCUT2D eigenvalue weighted by Gasteiger charge is -2.18. The molecule has 0 aromatic carbocycles. The molecule has 1 unspecified atom stereocenters. The summed E-state index contributed by atoms with van der Waals surface area (Å²) in [6.07, 6.45) is 10.8. The van der Waals surface area contributed by atoms with Crippen molar-refractivity contribution in [2.45, 2.75) is 44.7 Å². The van der Waals surface area contributed by atoms with E-state index in [2.05, 4.69) is 38.2 Å². The molecule has 2 heterocycles. The largest absolute Gasteiger partial charge is 0.346 e. The predicted molar refractivity (Wildman–Crippen MR) is 72.8 cm³/mol. The minimum Gasteiger partial charge on any atom is -0.346 e. The molecule has 0 spiro atoms. The standard InChI is InChI=1S/C13H20N6/c1-10(12-17-15-9-18(12)2)16-13-14-7-8-19(13)11-5-3-4-6-11/h7-11H,3-6H2,1-2H3,(H,14,16). The normalized spacial score (nSPS) is 17.8. The van der Waals surface area contributed by atoms with Crippen LogP contribution >= 0.6 is 0 Å². The van der Waals surface area contributed by atoms with Crippen molar-refractivity contribution in [3.05, 3.63) is 24.5 Å². The Hall–Kier alpha value is -1.85. The summed E-state index contributed by atoms with van der Waals surface area (Å²) in [5.41, 5.74) is 0. The molecule has 1 fully saturated rings. The Morgan fingerprint density at radius 1 is 1.37 bits per heavy atom. The minimum absolute atomic E-state index is 0.0926. The second kappa shape index (κ2) is 5.03. The topological polar surface area (TPSA) is 60.6 Å². The van der Waals surface area contributed by atoms with E-state index in [1.807, 2.05) is 17.8 Å². The van der Waals surface area contributed by atoms with E-state index in [1.165, 1.54) is 25.7 Å². The minimum atomic E-state index is 0.0926. The Morgan fingerprint density at radius 2 is 2.16 bits per heavy atom. The number of nitrogens with zero attached hydrogens (tertiary/aromatic N) is 5. The second-order valence-electron chi connectivity index (χ2n) is 5.26. The highest BCUT2D eigenvalue weighted by Gasteiger charge is 2.20. The predicted octanol–water partition coefficient (Wildman–Crippen LogP) is 2.30. The summed E-state index contributed by atoms with van der Waals surface area (Å²) in [4.78, 5) is 4.43. The molecule has 6 nitrogen and oxygen atoms in total. The molecule has 102 valence electrons. The van der Waals surface area contributed by atoms with Crippen LogP contribution in [-0.4, -0.2) is 24.3 Å². The van der Waals surface area contributed by atoms with Gasteiger partial charge in [0.05, 0.1) is 6.04 Å². The maximum Gasteiger partial charge on any atom is 0.203 e. The quantitative estimate of drug-likeness (QED) is 0.916. The molecule has 1 saturated carbocycles. The van der Waals surface area contributed by atoms with Crippen molar-refractivity contribution in [3.63, 3.8) is 0 Å². The van der Waals surface area contributed by atoms with Gasteiger partial charge >= 0.3 is 0 Å². The lowest BCUT2D eigenvalue weighted by atomic mass is 10.2. The number of rotatable bonds is 4. The van der Waals surface area contributed by atoms with Crippen LogP contribution in [0, 0.1) is 0 Å². The van der Waals surface area contributed by atoms with E-state index in [0.29, 0.717) is 6.04 Å². The Labute approximate surface area is 112 Å². The fourth-order valence-electron chi connectivity index (χ4n) is 2.84. The summed E-state index contributed by atoms with van der Waals surface area (Å²) in [5.74, 6) is 1.85. The van der Waals surface area contributed by atoms with Gasteiger partial charge in [-0.3, -0.25) is 0 Å². The van der Waals surface area contributed by atoms with Gasteiger partial charge in [0, 0.05) is 25.5 Å². The third-order valence-corrected chi connectivity index (χ3v) is 3.87. The number of aromatic nitrogens is 5. The van der Waals surface area contributed by atoms with E-state index in [4.69, 9.17) is 0 Å². The van der Waals surface area contributed by atoms with Gasteiger partial charge in [-0.05, 0) is 19.8 Å². The van der Waals surface area contributed by atoms with Crippen molar-refractivity contribution in [3.8, 4) is 0 Å². The van der Waals surface area contributed by atoms with Crippen LogP contribution in [-0.2, 0) is 7.05 Å². The van der Waals surface area contributed by atoms with Crippen LogP contribution in [0.3, 0.4) is 0 Å². The molecule has 1 aliphatic rings. The molecule has 0 saturated heterocycles. The second-order valence-corrected chi connectivity index (χ2v) is 5.26. The summed E-state index contributed by atoms with van der Waals surface area (Å²) >= 11 is 0. The van der Waals surface area contributed by atoms with Crippen molar-refractivity contribution in [1.29, 1.82) is 0 Å². The highest BCUT2D eigenvalue weighted by Crippen LogP contribution is 2.32. The number of hydrogen-bond donors (Lipinski definition) is 1. The van der Waals surface area contributed by atoms with Gasteiger partial charge in [0.25, 0.3) is 0 Å². The molecule has 3 rings (SSSR count). The van der Waals surface area contributed by atoms with E-state index < -0.39 is 0 Å². The molecule has 2 aromatic heterocycles. The fourth-order valence-corrected chi connectivity index (χ4v) is 2.84. The van der Waals surface area contributed by atoms with Gasteiger partial charge in [-0.25, -0.2) is 4.98 Å². The molecule has 2 aromatic rings. The fraction of sp³-hybridized carbons (Fsp3) is 0.615. The molecular weight excluding hydrogens is 240 g/mol. The molecule has 6 heteroatoms. The Kier molecular flexibility index (Phi) is 3.23. The number of aryl methyl sites for hydroxylation is 1. The molecule has 0 aliphatic heterocycles. The van der Waals surface area contributed by atoms with Gasteiger partial charge in [-0.2, -0.15) is 0 Å². The van der Waals surface area contributed by atoms with E-state index in [1.54, 1.807) is 6.33 Å². The Morgan fingerprint density at radius 3 is 2.84 bits per heavy atom. The van der Waals surface area contributed by atoms with E-state index in [9.17, 15) is 0 Å². The van der Waals surface area contributed by atoms with Gasteiger partial charge in [-0.1, -0.05) is 12.8 Å². The first-order valence-corrected chi connectivity index (χ1v) is 6.89. The number of hydrogen-bond acceptors (Lipinski definition) is 4. The summed E-state index contributed by atoms with van der Waals surface area (Å²) in [7, 11) is 1.96. The number of anilines is 1. The third-order valence-electron chi connectivity index (χ3n) is 3.87. The maximum absolute atomic E-state index is 4.43. The number of nitrogens with one attached hydrogen (secondary N) is 1. The van der Waals surface area contributed by atoms with Crippen molar-refractivity contribution < 1.29 is 0 Å². The summed E-state index contributed by atoms with van der Waals surface area (Å²) in [5, 5.41) is 11.5.